The standard InChI is InChI=1S/C22H18N2O3/c1-27-21(25)18-13-17(14-7-3-2-4-8-14)20-16-11-5-9-15-10-6-12-23(19(15)16)22(26)24(18)20/h2-5,7-9,11,13H,6,10,12H2,1H3. The molecule has 27 heavy (non-hydrogen) atoms. The number of nitrogens with zero attached hydrogens (tertiary/aromatic N) is 2. The molecule has 1 aliphatic rings. The molecule has 134 valence electrons. The molecule has 0 radical (unpaired) electrons. The van der Waals surface area contributed by atoms with Gasteiger partial charge in [0.05, 0.1) is 18.1 Å². The average molecular weight is 358 g/mol. The molecule has 5 nitrogen and oxygen atoms in total. The Balaban J connectivity index is 2.04. The molecule has 2 aromatic heterocycles. The molecule has 4 aromatic rings. The first-order chi connectivity index (χ1) is 13.2. The van der Waals surface area contributed by atoms with Crippen LogP contribution in [-0.4, -0.2) is 22.0 Å². The molecular formula is C22H18N2O3. The van der Waals surface area contributed by atoms with Crippen molar-refractivity contribution in [1.29, 1.82) is 0 Å². The lowest BCUT2D eigenvalue weighted by Crippen LogP contribution is -2.31. The fourth-order valence-corrected chi connectivity index (χ4v) is 4.22. The molecule has 0 saturated heterocycles. The third-order valence-electron chi connectivity index (χ3n) is 5.37. The van der Waals surface area contributed by atoms with Gasteiger partial charge in [0, 0.05) is 17.5 Å². The maximum Gasteiger partial charge on any atom is 0.355 e. The topological polar surface area (TPSA) is 52.7 Å². The Bertz CT molecular complexity index is 1270. The van der Waals surface area contributed by atoms with Crippen molar-refractivity contribution in [1.82, 2.24) is 8.97 Å². The molecule has 0 saturated carbocycles. The summed E-state index contributed by atoms with van der Waals surface area (Å²) in [6.07, 6.45) is 1.87. The predicted molar refractivity (Wildman–Crippen MR) is 104 cm³/mol. The van der Waals surface area contributed by atoms with Crippen LogP contribution in [-0.2, 0) is 17.7 Å². The van der Waals surface area contributed by atoms with E-state index in [0.29, 0.717) is 6.54 Å². The number of ether oxygens (including phenoxy) is 1. The smallest absolute Gasteiger partial charge is 0.355 e. The number of carbonyl (C=O) groups excluding carboxylic acids is 1. The molecule has 3 heterocycles. The zero-order chi connectivity index (χ0) is 18.5. The minimum atomic E-state index is -0.511. The van der Waals surface area contributed by atoms with Gasteiger partial charge in [0.2, 0.25) is 0 Å². The van der Waals surface area contributed by atoms with Gasteiger partial charge in [-0.3, -0.25) is 8.97 Å². The second-order valence-corrected chi connectivity index (χ2v) is 6.84. The molecule has 0 amide bonds. The van der Waals surface area contributed by atoms with E-state index in [1.54, 1.807) is 10.6 Å². The van der Waals surface area contributed by atoms with Crippen molar-refractivity contribution in [3.8, 4) is 11.1 Å². The van der Waals surface area contributed by atoms with E-state index in [1.165, 1.54) is 17.1 Å². The summed E-state index contributed by atoms with van der Waals surface area (Å²) in [7, 11) is 1.34. The van der Waals surface area contributed by atoms with E-state index in [9.17, 15) is 9.59 Å². The summed E-state index contributed by atoms with van der Waals surface area (Å²) in [4.78, 5) is 25.8. The number of hydrogen-bond acceptors (Lipinski definition) is 3. The largest absolute Gasteiger partial charge is 0.464 e. The van der Waals surface area contributed by atoms with Crippen LogP contribution in [0.15, 0.2) is 59.4 Å². The molecule has 0 bridgehead atoms. The van der Waals surface area contributed by atoms with Crippen molar-refractivity contribution >= 4 is 22.4 Å². The summed E-state index contributed by atoms with van der Waals surface area (Å²) < 4.78 is 8.28. The van der Waals surface area contributed by atoms with Crippen LogP contribution in [0.25, 0.3) is 27.5 Å². The van der Waals surface area contributed by atoms with E-state index in [4.69, 9.17) is 4.74 Å². The molecule has 5 rings (SSSR count). The number of fused-ring (bicyclic) bond motifs is 2. The molecule has 0 spiro atoms. The highest BCUT2D eigenvalue weighted by atomic mass is 16.5. The molecule has 0 atom stereocenters. The van der Waals surface area contributed by atoms with E-state index in [0.717, 1.165) is 40.4 Å². The van der Waals surface area contributed by atoms with Crippen molar-refractivity contribution < 1.29 is 9.53 Å². The number of aryl methyl sites for hydroxylation is 2. The van der Waals surface area contributed by atoms with Crippen molar-refractivity contribution in [2.45, 2.75) is 19.4 Å². The van der Waals surface area contributed by atoms with Crippen molar-refractivity contribution in [3.63, 3.8) is 0 Å². The lowest BCUT2D eigenvalue weighted by molar-refractivity contribution is 0.0592. The van der Waals surface area contributed by atoms with E-state index in [-0.39, 0.29) is 11.4 Å². The number of para-hydroxylation sites is 1. The molecule has 2 aromatic carbocycles. The quantitative estimate of drug-likeness (QED) is 0.514. The minimum Gasteiger partial charge on any atom is -0.464 e. The fraction of sp³-hybridized carbons (Fsp3) is 0.182. The van der Waals surface area contributed by atoms with Crippen molar-refractivity contribution in [2.24, 2.45) is 0 Å². The second-order valence-electron chi connectivity index (χ2n) is 6.84. The van der Waals surface area contributed by atoms with E-state index in [2.05, 4.69) is 6.07 Å². The summed E-state index contributed by atoms with van der Waals surface area (Å²) in [6.45, 7) is 0.655. The van der Waals surface area contributed by atoms with Crippen LogP contribution in [0, 0.1) is 0 Å². The van der Waals surface area contributed by atoms with Crippen LogP contribution in [0.4, 0.5) is 0 Å². The number of esters is 1. The van der Waals surface area contributed by atoms with Crippen molar-refractivity contribution in [3.05, 3.63) is 76.3 Å². The number of aromatic nitrogens is 2. The van der Waals surface area contributed by atoms with Crippen LogP contribution >= 0.6 is 0 Å². The maximum atomic E-state index is 13.4. The van der Waals surface area contributed by atoms with Gasteiger partial charge in [-0.15, -0.1) is 0 Å². The number of carbonyl (C=O) groups is 1. The maximum absolute atomic E-state index is 13.4. The SMILES string of the molecule is COC(=O)c1cc(-c2ccccc2)c2c3cccc4c3n(c(=O)n12)CCC4. The highest BCUT2D eigenvalue weighted by Crippen LogP contribution is 2.34. The Labute approximate surface area is 155 Å². The van der Waals surface area contributed by atoms with Crippen LogP contribution in [0.2, 0.25) is 0 Å². The Hall–Kier alpha value is -3.34. The van der Waals surface area contributed by atoms with Crippen molar-refractivity contribution in [2.75, 3.05) is 7.11 Å². The first-order valence-corrected chi connectivity index (χ1v) is 9.04. The van der Waals surface area contributed by atoms with Gasteiger partial charge in [-0.1, -0.05) is 48.5 Å². The zero-order valence-corrected chi connectivity index (χ0v) is 14.9. The van der Waals surface area contributed by atoms with Gasteiger partial charge >= 0.3 is 11.7 Å². The monoisotopic (exact) mass is 358 g/mol. The van der Waals surface area contributed by atoms with Gasteiger partial charge in [0.1, 0.15) is 5.69 Å². The van der Waals surface area contributed by atoms with Crippen LogP contribution in [0.5, 0.6) is 0 Å². The van der Waals surface area contributed by atoms with Crippen LogP contribution < -0.4 is 5.69 Å². The van der Waals surface area contributed by atoms with Gasteiger partial charge in [0.25, 0.3) is 0 Å². The summed E-state index contributed by atoms with van der Waals surface area (Å²) in [5.74, 6) is -0.511. The molecule has 5 heteroatoms. The Kier molecular flexibility index (Phi) is 3.44. The zero-order valence-electron chi connectivity index (χ0n) is 14.9. The summed E-state index contributed by atoms with van der Waals surface area (Å²) in [6, 6.07) is 17.7. The second kappa shape index (κ2) is 5.84. The molecule has 1 aliphatic heterocycles. The lowest BCUT2D eigenvalue weighted by Gasteiger charge is -2.20. The van der Waals surface area contributed by atoms with Gasteiger partial charge < -0.3 is 4.74 Å². The van der Waals surface area contributed by atoms with Gasteiger partial charge in [-0.05, 0) is 30.0 Å². The van der Waals surface area contributed by atoms with E-state index in [1.807, 2.05) is 42.5 Å². The first kappa shape index (κ1) is 15.9. The predicted octanol–water partition coefficient (Wildman–Crippen LogP) is 3.65. The minimum absolute atomic E-state index is 0.188. The molecular weight excluding hydrogens is 340 g/mol. The average Bonchev–Trinajstić information content (AvgIpc) is 3.13. The molecule has 0 aliphatic carbocycles. The number of hydrogen-bond donors (Lipinski definition) is 0. The number of methoxy groups -OCH3 is 1. The number of rotatable bonds is 2. The highest BCUT2D eigenvalue weighted by molar-refractivity contribution is 6.06. The summed E-state index contributed by atoms with van der Waals surface area (Å²) in [5, 5.41) is 0.987. The Morgan fingerprint density at radius 1 is 1.04 bits per heavy atom. The van der Waals surface area contributed by atoms with Gasteiger partial charge in [-0.2, -0.15) is 0 Å². The Morgan fingerprint density at radius 2 is 1.85 bits per heavy atom. The Morgan fingerprint density at radius 3 is 2.63 bits per heavy atom. The molecule has 0 N–H and O–H groups in total. The van der Waals surface area contributed by atoms with Gasteiger partial charge in [-0.25, -0.2) is 9.59 Å². The number of benzene rings is 2. The van der Waals surface area contributed by atoms with Crippen LogP contribution in [0.3, 0.4) is 0 Å². The summed E-state index contributed by atoms with van der Waals surface area (Å²) in [5.41, 5.74) is 4.83. The normalized spacial score (nSPS) is 13.2. The fourth-order valence-electron chi connectivity index (χ4n) is 4.22. The lowest BCUT2D eigenvalue weighted by atomic mass is 9.99. The highest BCUT2D eigenvalue weighted by Gasteiger charge is 2.25. The molecule has 0 fully saturated rings. The third kappa shape index (κ3) is 2.18. The van der Waals surface area contributed by atoms with E-state index >= 15 is 0 Å². The van der Waals surface area contributed by atoms with Crippen LogP contribution in [0.1, 0.15) is 22.5 Å². The van der Waals surface area contributed by atoms with Gasteiger partial charge in [0.15, 0.2) is 0 Å². The first-order valence-electron chi connectivity index (χ1n) is 9.04. The third-order valence-corrected chi connectivity index (χ3v) is 5.37. The molecule has 0 unspecified atom stereocenters. The summed E-state index contributed by atoms with van der Waals surface area (Å²) >= 11 is 0. The van der Waals surface area contributed by atoms with E-state index < -0.39 is 5.97 Å².